The van der Waals surface area contributed by atoms with Crippen molar-refractivity contribution in [3.8, 4) is 0 Å². The molecule has 1 heterocycles. The SMILES string of the molecule is CCc1cccc(NC(=O)C(C)C2CNC2)c1.Cl. The van der Waals surface area contributed by atoms with Crippen molar-refractivity contribution < 1.29 is 4.79 Å². The van der Waals surface area contributed by atoms with Gasteiger partial charge in [0.1, 0.15) is 0 Å². The van der Waals surface area contributed by atoms with Crippen LogP contribution in [0.1, 0.15) is 19.4 Å². The van der Waals surface area contributed by atoms with Crippen LogP contribution in [0.5, 0.6) is 0 Å². The molecule has 1 amide bonds. The lowest BCUT2D eigenvalue weighted by Crippen LogP contribution is -2.48. The number of benzene rings is 1. The van der Waals surface area contributed by atoms with Gasteiger partial charge in [0.15, 0.2) is 0 Å². The van der Waals surface area contributed by atoms with Crippen molar-refractivity contribution in [2.24, 2.45) is 11.8 Å². The van der Waals surface area contributed by atoms with E-state index in [2.05, 4.69) is 23.6 Å². The largest absolute Gasteiger partial charge is 0.326 e. The number of amides is 1. The van der Waals surface area contributed by atoms with Gasteiger partial charge < -0.3 is 10.6 Å². The van der Waals surface area contributed by atoms with E-state index in [-0.39, 0.29) is 24.2 Å². The molecule has 1 aromatic rings. The van der Waals surface area contributed by atoms with Crippen LogP contribution in [0.15, 0.2) is 24.3 Å². The highest BCUT2D eigenvalue weighted by Crippen LogP contribution is 2.19. The second kappa shape index (κ2) is 6.76. The Hall–Kier alpha value is -1.06. The Labute approximate surface area is 115 Å². The summed E-state index contributed by atoms with van der Waals surface area (Å²) in [4.78, 5) is 12.0. The quantitative estimate of drug-likeness (QED) is 0.881. The molecule has 0 bridgehead atoms. The normalized spacial score (nSPS) is 16.3. The van der Waals surface area contributed by atoms with Gasteiger partial charge in [0.05, 0.1) is 0 Å². The molecule has 2 rings (SSSR count). The Morgan fingerprint density at radius 2 is 2.22 bits per heavy atom. The summed E-state index contributed by atoms with van der Waals surface area (Å²) < 4.78 is 0. The lowest BCUT2D eigenvalue weighted by Gasteiger charge is -2.31. The molecule has 4 heteroatoms. The van der Waals surface area contributed by atoms with Gasteiger partial charge in [-0.05, 0) is 43.1 Å². The topological polar surface area (TPSA) is 41.1 Å². The first-order chi connectivity index (χ1) is 8.20. The Bertz CT molecular complexity index is 405. The van der Waals surface area contributed by atoms with E-state index in [0.29, 0.717) is 5.92 Å². The van der Waals surface area contributed by atoms with Crippen molar-refractivity contribution in [3.63, 3.8) is 0 Å². The fourth-order valence-electron chi connectivity index (χ4n) is 2.00. The van der Waals surface area contributed by atoms with E-state index in [1.54, 1.807) is 0 Å². The number of hydrogen-bond acceptors (Lipinski definition) is 2. The number of hydrogen-bond donors (Lipinski definition) is 2. The molecule has 1 fully saturated rings. The van der Waals surface area contributed by atoms with Gasteiger partial charge in [0.25, 0.3) is 0 Å². The molecular weight excluding hydrogens is 248 g/mol. The van der Waals surface area contributed by atoms with Crippen molar-refractivity contribution in [1.82, 2.24) is 5.32 Å². The first kappa shape index (κ1) is 15.0. The molecule has 3 nitrogen and oxygen atoms in total. The molecule has 1 unspecified atom stereocenters. The van der Waals surface area contributed by atoms with E-state index in [1.165, 1.54) is 5.56 Å². The second-order valence-electron chi connectivity index (χ2n) is 4.75. The average molecular weight is 269 g/mol. The molecule has 1 atom stereocenters. The maximum atomic E-state index is 12.0. The zero-order valence-corrected chi connectivity index (χ0v) is 11.7. The van der Waals surface area contributed by atoms with E-state index in [1.807, 2.05) is 25.1 Å². The van der Waals surface area contributed by atoms with E-state index in [0.717, 1.165) is 25.2 Å². The third kappa shape index (κ3) is 3.47. The Morgan fingerprint density at radius 3 is 2.78 bits per heavy atom. The van der Waals surface area contributed by atoms with Gasteiger partial charge in [0, 0.05) is 11.6 Å². The minimum atomic E-state index is 0. The van der Waals surface area contributed by atoms with Crippen LogP contribution >= 0.6 is 12.4 Å². The molecule has 1 aliphatic rings. The highest BCUT2D eigenvalue weighted by atomic mass is 35.5. The Balaban J connectivity index is 0.00000162. The zero-order valence-electron chi connectivity index (χ0n) is 10.9. The Morgan fingerprint density at radius 1 is 1.50 bits per heavy atom. The molecule has 0 saturated carbocycles. The standard InChI is InChI=1S/C14H20N2O.ClH/c1-3-11-5-4-6-13(7-11)16-14(17)10(2)12-8-15-9-12;/h4-7,10,12,15H,3,8-9H2,1-2H3,(H,16,17);1H. The van der Waals surface area contributed by atoms with Crippen LogP contribution in [0.4, 0.5) is 5.69 Å². The summed E-state index contributed by atoms with van der Waals surface area (Å²) in [5.74, 6) is 0.704. The number of carbonyl (C=O) groups is 1. The number of halogens is 1. The molecule has 1 aromatic carbocycles. The fourth-order valence-corrected chi connectivity index (χ4v) is 2.00. The summed E-state index contributed by atoms with van der Waals surface area (Å²) in [7, 11) is 0. The third-order valence-corrected chi connectivity index (χ3v) is 3.54. The van der Waals surface area contributed by atoms with E-state index >= 15 is 0 Å². The fraction of sp³-hybridized carbons (Fsp3) is 0.500. The molecule has 2 N–H and O–H groups in total. The van der Waals surface area contributed by atoms with Crippen molar-refractivity contribution in [1.29, 1.82) is 0 Å². The van der Waals surface area contributed by atoms with Crippen LogP contribution in [0, 0.1) is 11.8 Å². The molecule has 0 aliphatic carbocycles. The van der Waals surface area contributed by atoms with Gasteiger partial charge in [-0.3, -0.25) is 4.79 Å². The predicted molar refractivity (Wildman–Crippen MR) is 77.2 cm³/mol. The number of nitrogens with one attached hydrogen (secondary N) is 2. The maximum Gasteiger partial charge on any atom is 0.227 e. The minimum Gasteiger partial charge on any atom is -0.326 e. The average Bonchev–Trinajstić information content (AvgIpc) is 2.27. The van der Waals surface area contributed by atoms with Crippen molar-refractivity contribution >= 4 is 24.0 Å². The monoisotopic (exact) mass is 268 g/mol. The second-order valence-corrected chi connectivity index (χ2v) is 4.75. The zero-order chi connectivity index (χ0) is 12.3. The van der Waals surface area contributed by atoms with E-state index in [9.17, 15) is 4.79 Å². The first-order valence-electron chi connectivity index (χ1n) is 6.31. The van der Waals surface area contributed by atoms with Gasteiger partial charge in [-0.25, -0.2) is 0 Å². The lowest BCUT2D eigenvalue weighted by atomic mass is 9.88. The smallest absolute Gasteiger partial charge is 0.227 e. The summed E-state index contributed by atoms with van der Waals surface area (Å²) in [5.41, 5.74) is 2.16. The van der Waals surface area contributed by atoms with Crippen LogP contribution in [-0.4, -0.2) is 19.0 Å². The molecule has 1 saturated heterocycles. The van der Waals surface area contributed by atoms with Gasteiger partial charge in [0.2, 0.25) is 5.91 Å². The van der Waals surface area contributed by atoms with Crippen LogP contribution in [0.25, 0.3) is 0 Å². The summed E-state index contributed by atoms with van der Waals surface area (Å²) in [5, 5.41) is 6.20. The molecule has 100 valence electrons. The summed E-state index contributed by atoms with van der Waals surface area (Å²) in [6, 6.07) is 8.06. The van der Waals surface area contributed by atoms with Gasteiger partial charge in [-0.2, -0.15) is 0 Å². The van der Waals surface area contributed by atoms with Crippen molar-refractivity contribution in [3.05, 3.63) is 29.8 Å². The van der Waals surface area contributed by atoms with Crippen LogP contribution < -0.4 is 10.6 Å². The minimum absolute atomic E-state index is 0. The maximum absolute atomic E-state index is 12.0. The van der Waals surface area contributed by atoms with Gasteiger partial charge in [-0.15, -0.1) is 12.4 Å². The van der Waals surface area contributed by atoms with E-state index in [4.69, 9.17) is 0 Å². The molecule has 18 heavy (non-hydrogen) atoms. The molecule has 0 spiro atoms. The van der Waals surface area contributed by atoms with Crippen molar-refractivity contribution in [2.45, 2.75) is 20.3 Å². The van der Waals surface area contributed by atoms with Crippen LogP contribution in [-0.2, 0) is 11.2 Å². The van der Waals surface area contributed by atoms with Gasteiger partial charge >= 0.3 is 0 Å². The number of rotatable bonds is 4. The van der Waals surface area contributed by atoms with Gasteiger partial charge in [-0.1, -0.05) is 26.0 Å². The molecule has 1 aliphatic heterocycles. The number of carbonyl (C=O) groups excluding carboxylic acids is 1. The van der Waals surface area contributed by atoms with E-state index < -0.39 is 0 Å². The highest BCUT2D eigenvalue weighted by Gasteiger charge is 2.28. The lowest BCUT2D eigenvalue weighted by molar-refractivity contribution is -0.121. The van der Waals surface area contributed by atoms with Crippen LogP contribution in [0.2, 0.25) is 0 Å². The number of anilines is 1. The Kier molecular flexibility index (Phi) is 5.63. The summed E-state index contributed by atoms with van der Waals surface area (Å²) >= 11 is 0. The predicted octanol–water partition coefficient (Wildman–Crippen LogP) is 2.46. The third-order valence-electron chi connectivity index (χ3n) is 3.54. The first-order valence-corrected chi connectivity index (χ1v) is 6.31. The molecule has 0 aromatic heterocycles. The number of aryl methyl sites for hydroxylation is 1. The molecular formula is C14H21ClN2O. The molecule has 0 radical (unpaired) electrons. The van der Waals surface area contributed by atoms with Crippen molar-refractivity contribution in [2.75, 3.05) is 18.4 Å². The highest BCUT2D eigenvalue weighted by molar-refractivity contribution is 5.92. The van der Waals surface area contributed by atoms with Crippen LogP contribution in [0.3, 0.4) is 0 Å². The summed E-state index contributed by atoms with van der Waals surface area (Å²) in [6.07, 6.45) is 0.992. The summed E-state index contributed by atoms with van der Waals surface area (Å²) in [6.45, 7) is 6.04.